The zero-order chi connectivity index (χ0) is 19.1. The Morgan fingerprint density at radius 2 is 1.93 bits per heavy atom. The largest absolute Gasteiger partial charge is 0.383 e. The molecule has 1 fully saturated rings. The number of hydrogen-bond donors (Lipinski definition) is 1. The van der Waals surface area contributed by atoms with Gasteiger partial charge in [-0.1, -0.05) is 12.1 Å². The van der Waals surface area contributed by atoms with Crippen molar-refractivity contribution in [2.45, 2.75) is 18.9 Å². The Kier molecular flexibility index (Phi) is 4.33. The lowest BCUT2D eigenvalue weighted by atomic mass is 10.1. The molecule has 0 amide bonds. The zero-order valence-electron chi connectivity index (χ0n) is 15.7. The van der Waals surface area contributed by atoms with Gasteiger partial charge in [-0.25, -0.2) is 9.97 Å². The number of para-hydroxylation sites is 1. The highest BCUT2D eigenvalue weighted by Gasteiger charge is 2.19. The van der Waals surface area contributed by atoms with Crippen LogP contribution in [-0.2, 0) is 0 Å². The van der Waals surface area contributed by atoms with Crippen molar-refractivity contribution in [2.24, 2.45) is 0 Å². The van der Waals surface area contributed by atoms with Gasteiger partial charge >= 0.3 is 0 Å². The van der Waals surface area contributed by atoms with E-state index in [0.29, 0.717) is 11.9 Å². The quantitative estimate of drug-likeness (QED) is 0.571. The summed E-state index contributed by atoms with van der Waals surface area (Å²) in [6.07, 6.45) is 8.14. The SMILES string of the molecule is CN1CCC(n2cc(-c3cnc(N)c(-c4nc5ccccc5s4)c3)cn2)CC1. The monoisotopic (exact) mass is 390 g/mol. The molecule has 2 N–H and O–H groups in total. The molecule has 0 radical (unpaired) electrons. The fraction of sp³-hybridized carbons (Fsp3) is 0.286. The van der Waals surface area contributed by atoms with Crippen LogP contribution in [-0.4, -0.2) is 44.8 Å². The van der Waals surface area contributed by atoms with E-state index in [9.17, 15) is 0 Å². The first-order valence-corrected chi connectivity index (χ1v) is 10.3. The van der Waals surface area contributed by atoms with Gasteiger partial charge in [-0.2, -0.15) is 5.10 Å². The molecule has 4 heterocycles. The van der Waals surface area contributed by atoms with E-state index in [4.69, 9.17) is 10.7 Å². The molecule has 3 aromatic heterocycles. The number of piperidine rings is 1. The van der Waals surface area contributed by atoms with Crippen LogP contribution in [0.25, 0.3) is 31.9 Å². The van der Waals surface area contributed by atoms with Gasteiger partial charge < -0.3 is 10.6 Å². The van der Waals surface area contributed by atoms with Gasteiger partial charge in [-0.15, -0.1) is 11.3 Å². The highest BCUT2D eigenvalue weighted by molar-refractivity contribution is 7.21. The fourth-order valence-electron chi connectivity index (χ4n) is 3.74. The van der Waals surface area contributed by atoms with Crippen LogP contribution in [0.5, 0.6) is 0 Å². The molecule has 0 atom stereocenters. The Morgan fingerprint density at radius 3 is 2.75 bits per heavy atom. The number of rotatable bonds is 3. The van der Waals surface area contributed by atoms with Crippen LogP contribution >= 0.6 is 11.3 Å². The van der Waals surface area contributed by atoms with E-state index in [1.54, 1.807) is 11.3 Å². The average Bonchev–Trinajstić information content (AvgIpc) is 3.36. The van der Waals surface area contributed by atoms with Gasteiger partial charge in [0.1, 0.15) is 10.8 Å². The summed E-state index contributed by atoms with van der Waals surface area (Å²) in [7, 11) is 2.17. The van der Waals surface area contributed by atoms with Crippen LogP contribution in [0.1, 0.15) is 18.9 Å². The second-order valence-electron chi connectivity index (χ2n) is 7.39. The normalized spacial score (nSPS) is 16.0. The Hall–Kier alpha value is -2.77. The minimum atomic E-state index is 0.468. The number of pyridine rings is 1. The van der Waals surface area contributed by atoms with Gasteiger partial charge in [0.25, 0.3) is 0 Å². The topological polar surface area (TPSA) is 72.9 Å². The van der Waals surface area contributed by atoms with Crippen LogP contribution in [0.15, 0.2) is 48.9 Å². The summed E-state index contributed by atoms with van der Waals surface area (Å²) >= 11 is 1.64. The summed E-state index contributed by atoms with van der Waals surface area (Å²) in [5.41, 5.74) is 10.1. The Labute approximate surface area is 167 Å². The highest BCUT2D eigenvalue weighted by atomic mass is 32.1. The molecule has 0 bridgehead atoms. The first-order chi connectivity index (χ1) is 13.7. The number of nitrogens with zero attached hydrogens (tertiary/aromatic N) is 5. The van der Waals surface area contributed by atoms with Crippen LogP contribution in [0, 0.1) is 0 Å². The molecule has 1 aliphatic rings. The lowest BCUT2D eigenvalue weighted by Crippen LogP contribution is -2.31. The van der Waals surface area contributed by atoms with E-state index < -0.39 is 0 Å². The maximum Gasteiger partial charge on any atom is 0.133 e. The number of likely N-dealkylation sites (tertiary alicyclic amines) is 1. The number of aromatic nitrogens is 4. The standard InChI is InChI=1S/C21H22N6S/c1-26-8-6-16(7-9-26)27-13-15(12-24-27)14-10-17(20(22)23-11-14)21-25-18-4-2-3-5-19(18)28-21/h2-5,10-13,16H,6-9H2,1H3,(H2,22,23). The van der Waals surface area contributed by atoms with Crippen molar-refractivity contribution in [3.05, 3.63) is 48.9 Å². The zero-order valence-corrected chi connectivity index (χ0v) is 16.6. The number of thiazole rings is 1. The second kappa shape index (κ2) is 7.00. The summed E-state index contributed by atoms with van der Waals surface area (Å²) in [6.45, 7) is 2.23. The first kappa shape index (κ1) is 17.3. The summed E-state index contributed by atoms with van der Waals surface area (Å²) < 4.78 is 3.26. The maximum atomic E-state index is 6.19. The molecule has 4 aromatic rings. The van der Waals surface area contributed by atoms with Crippen molar-refractivity contribution in [1.29, 1.82) is 0 Å². The van der Waals surface area contributed by atoms with Crippen LogP contribution in [0.4, 0.5) is 5.82 Å². The number of fused-ring (bicyclic) bond motifs is 1. The summed E-state index contributed by atoms with van der Waals surface area (Å²) in [4.78, 5) is 11.5. The van der Waals surface area contributed by atoms with E-state index in [2.05, 4.69) is 45.0 Å². The van der Waals surface area contributed by atoms with Crippen molar-refractivity contribution in [3.63, 3.8) is 0 Å². The van der Waals surface area contributed by atoms with Gasteiger partial charge in [0.15, 0.2) is 0 Å². The summed E-state index contributed by atoms with van der Waals surface area (Å²) in [6, 6.07) is 10.7. The minimum Gasteiger partial charge on any atom is -0.383 e. The van der Waals surface area contributed by atoms with Crippen molar-refractivity contribution < 1.29 is 0 Å². The van der Waals surface area contributed by atoms with Crippen LogP contribution < -0.4 is 5.73 Å². The Balaban J connectivity index is 1.47. The molecule has 0 saturated carbocycles. The number of benzene rings is 1. The number of hydrogen-bond acceptors (Lipinski definition) is 6. The van der Waals surface area contributed by atoms with E-state index in [1.807, 2.05) is 30.6 Å². The average molecular weight is 391 g/mol. The molecule has 0 spiro atoms. The molecule has 0 aliphatic carbocycles. The third-order valence-corrected chi connectivity index (χ3v) is 6.51. The number of nitrogen functional groups attached to an aromatic ring is 1. The smallest absolute Gasteiger partial charge is 0.133 e. The van der Waals surface area contributed by atoms with Crippen molar-refractivity contribution in [3.8, 4) is 21.7 Å². The van der Waals surface area contributed by atoms with Crippen LogP contribution in [0.3, 0.4) is 0 Å². The van der Waals surface area contributed by atoms with E-state index in [0.717, 1.165) is 57.8 Å². The molecular weight excluding hydrogens is 368 g/mol. The first-order valence-electron chi connectivity index (χ1n) is 9.52. The maximum absolute atomic E-state index is 6.19. The van der Waals surface area contributed by atoms with Gasteiger partial charge in [-0.05, 0) is 51.2 Å². The molecule has 1 aromatic carbocycles. The second-order valence-corrected chi connectivity index (χ2v) is 8.42. The number of anilines is 1. The predicted octanol–water partition coefficient (Wildman–Crippen LogP) is 4.07. The lowest BCUT2D eigenvalue weighted by molar-refractivity contribution is 0.212. The van der Waals surface area contributed by atoms with Gasteiger partial charge in [0.05, 0.1) is 28.0 Å². The third-order valence-electron chi connectivity index (χ3n) is 5.44. The predicted molar refractivity (Wildman–Crippen MR) is 114 cm³/mol. The molecule has 28 heavy (non-hydrogen) atoms. The summed E-state index contributed by atoms with van der Waals surface area (Å²) in [5.74, 6) is 0.505. The van der Waals surface area contributed by atoms with Crippen LogP contribution in [0.2, 0.25) is 0 Å². The van der Waals surface area contributed by atoms with Gasteiger partial charge in [0, 0.05) is 23.5 Å². The molecule has 6 nitrogen and oxygen atoms in total. The molecular formula is C21H22N6S. The van der Waals surface area contributed by atoms with Gasteiger partial charge in [-0.3, -0.25) is 4.68 Å². The highest BCUT2D eigenvalue weighted by Crippen LogP contribution is 2.35. The molecule has 7 heteroatoms. The van der Waals surface area contributed by atoms with Gasteiger partial charge in [0.2, 0.25) is 0 Å². The van der Waals surface area contributed by atoms with Crippen molar-refractivity contribution in [1.82, 2.24) is 24.6 Å². The fourth-order valence-corrected chi connectivity index (χ4v) is 4.73. The minimum absolute atomic E-state index is 0.468. The van der Waals surface area contributed by atoms with E-state index in [-0.39, 0.29) is 0 Å². The Morgan fingerprint density at radius 1 is 1.11 bits per heavy atom. The van der Waals surface area contributed by atoms with Crippen molar-refractivity contribution >= 4 is 27.4 Å². The third kappa shape index (κ3) is 3.16. The molecule has 5 rings (SSSR count). The van der Waals surface area contributed by atoms with Crippen molar-refractivity contribution in [2.75, 3.05) is 25.9 Å². The molecule has 1 aliphatic heterocycles. The molecule has 142 valence electrons. The van der Waals surface area contributed by atoms with E-state index >= 15 is 0 Å². The molecule has 0 unspecified atom stereocenters. The van der Waals surface area contributed by atoms with E-state index in [1.165, 1.54) is 0 Å². The lowest BCUT2D eigenvalue weighted by Gasteiger charge is -2.28. The number of nitrogens with two attached hydrogens (primary N) is 1. The Bertz CT molecular complexity index is 1090. The molecule has 1 saturated heterocycles. The summed E-state index contributed by atoms with van der Waals surface area (Å²) in [5, 5.41) is 5.53.